The minimum atomic E-state index is -3.64. The lowest BCUT2D eigenvalue weighted by atomic mass is 9.92. The number of hydrogen-bond acceptors (Lipinski definition) is 5. The van der Waals surface area contributed by atoms with E-state index in [2.05, 4.69) is 24.1 Å². The zero-order valence-corrected chi connectivity index (χ0v) is 18.5. The molecule has 0 saturated carbocycles. The second kappa shape index (κ2) is 9.45. The molecule has 2 heterocycles. The van der Waals surface area contributed by atoms with Gasteiger partial charge in [-0.3, -0.25) is 9.69 Å². The van der Waals surface area contributed by atoms with E-state index >= 15 is 0 Å². The van der Waals surface area contributed by atoms with E-state index in [4.69, 9.17) is 4.74 Å². The Morgan fingerprint density at radius 2 is 1.83 bits per heavy atom. The smallest absolute Gasteiger partial charge is 0.246 e. The predicted octanol–water partition coefficient (Wildman–Crippen LogP) is 2.79. The SMILES string of the molecule is CCOc1ccc(NC(=O)CN2C[C@@H](C)C[C@H](C)C2)cc1S(=O)(=O)N1CCCC1. The number of carbonyl (C=O) groups excluding carboxylic acids is 1. The second-order valence-electron chi connectivity index (χ2n) is 8.39. The van der Waals surface area contributed by atoms with Gasteiger partial charge in [-0.1, -0.05) is 13.8 Å². The van der Waals surface area contributed by atoms with Crippen LogP contribution in [0.3, 0.4) is 0 Å². The highest BCUT2D eigenvalue weighted by Crippen LogP contribution is 2.31. The van der Waals surface area contributed by atoms with Gasteiger partial charge in [-0.05, 0) is 56.2 Å². The van der Waals surface area contributed by atoms with Crippen LogP contribution < -0.4 is 10.1 Å². The number of rotatable bonds is 7. The molecule has 2 aliphatic heterocycles. The zero-order chi connectivity index (χ0) is 21.0. The van der Waals surface area contributed by atoms with Crippen molar-refractivity contribution in [2.45, 2.75) is 44.9 Å². The predicted molar refractivity (Wildman–Crippen MR) is 114 cm³/mol. The molecule has 7 nitrogen and oxygen atoms in total. The standard InChI is InChI=1S/C21H33N3O4S/c1-4-28-19-8-7-18(12-20(19)29(26,27)24-9-5-6-10-24)22-21(25)15-23-13-16(2)11-17(3)14-23/h7-8,12,16-17H,4-6,9-11,13-15H2,1-3H3,(H,22,25)/t16-,17-/m0/s1. The number of sulfonamides is 1. The number of carbonyl (C=O) groups is 1. The van der Waals surface area contributed by atoms with E-state index in [9.17, 15) is 13.2 Å². The highest BCUT2D eigenvalue weighted by Gasteiger charge is 2.30. The molecule has 1 aromatic carbocycles. The quantitative estimate of drug-likeness (QED) is 0.730. The number of likely N-dealkylation sites (tertiary alicyclic amines) is 1. The lowest BCUT2D eigenvalue weighted by Crippen LogP contribution is -2.42. The molecule has 1 N–H and O–H groups in total. The molecule has 2 atom stereocenters. The fourth-order valence-corrected chi connectivity index (χ4v) is 6.13. The molecule has 3 rings (SSSR count). The van der Waals surface area contributed by atoms with Crippen LogP contribution in [0.1, 0.15) is 40.0 Å². The van der Waals surface area contributed by atoms with Crippen LogP contribution >= 0.6 is 0 Å². The van der Waals surface area contributed by atoms with E-state index in [1.165, 1.54) is 16.8 Å². The topological polar surface area (TPSA) is 79.0 Å². The maximum Gasteiger partial charge on any atom is 0.246 e. The van der Waals surface area contributed by atoms with E-state index in [-0.39, 0.29) is 10.8 Å². The summed E-state index contributed by atoms with van der Waals surface area (Å²) in [5.41, 5.74) is 0.481. The van der Waals surface area contributed by atoms with Crippen LogP contribution in [0.25, 0.3) is 0 Å². The van der Waals surface area contributed by atoms with Crippen molar-refractivity contribution in [3.8, 4) is 5.75 Å². The molecule has 162 valence electrons. The first-order valence-electron chi connectivity index (χ1n) is 10.6. The molecule has 1 aromatic rings. The van der Waals surface area contributed by atoms with Gasteiger partial charge < -0.3 is 10.1 Å². The van der Waals surface area contributed by atoms with Crippen molar-refractivity contribution in [1.29, 1.82) is 0 Å². The monoisotopic (exact) mass is 423 g/mol. The Hall–Kier alpha value is -1.64. The van der Waals surface area contributed by atoms with Gasteiger partial charge in [-0.25, -0.2) is 8.42 Å². The minimum Gasteiger partial charge on any atom is -0.492 e. The molecule has 0 unspecified atom stereocenters. The average molecular weight is 424 g/mol. The van der Waals surface area contributed by atoms with Crippen molar-refractivity contribution in [2.75, 3.05) is 44.6 Å². The van der Waals surface area contributed by atoms with Gasteiger partial charge in [-0.15, -0.1) is 0 Å². The normalized spacial score (nSPS) is 23.8. The first-order chi connectivity index (χ1) is 13.8. The van der Waals surface area contributed by atoms with Gasteiger partial charge in [0.15, 0.2) is 0 Å². The molecule has 0 spiro atoms. The van der Waals surface area contributed by atoms with E-state index in [1.807, 2.05) is 6.92 Å². The summed E-state index contributed by atoms with van der Waals surface area (Å²) in [7, 11) is -3.64. The Morgan fingerprint density at radius 1 is 1.17 bits per heavy atom. The van der Waals surface area contributed by atoms with Gasteiger partial charge in [-0.2, -0.15) is 4.31 Å². The minimum absolute atomic E-state index is 0.124. The van der Waals surface area contributed by atoms with Gasteiger partial charge in [0.05, 0.1) is 13.2 Å². The maximum atomic E-state index is 13.1. The number of piperidine rings is 1. The summed E-state index contributed by atoms with van der Waals surface area (Å²) in [5.74, 6) is 1.36. The van der Waals surface area contributed by atoms with Crippen molar-refractivity contribution in [1.82, 2.24) is 9.21 Å². The number of benzene rings is 1. The third-order valence-electron chi connectivity index (χ3n) is 5.52. The van der Waals surface area contributed by atoms with Gasteiger partial charge >= 0.3 is 0 Å². The van der Waals surface area contributed by atoms with Gasteiger partial charge in [0, 0.05) is 31.9 Å². The summed E-state index contributed by atoms with van der Waals surface area (Å²) in [6.45, 7) is 9.81. The lowest BCUT2D eigenvalue weighted by molar-refractivity contribution is -0.117. The molecular weight excluding hydrogens is 390 g/mol. The van der Waals surface area contributed by atoms with Crippen molar-refractivity contribution < 1.29 is 17.9 Å². The largest absolute Gasteiger partial charge is 0.492 e. The van der Waals surface area contributed by atoms with E-state index in [1.54, 1.807) is 12.1 Å². The van der Waals surface area contributed by atoms with Crippen LogP contribution in [0, 0.1) is 11.8 Å². The Bertz CT molecular complexity index is 811. The van der Waals surface area contributed by atoms with Crippen LogP contribution in [0.15, 0.2) is 23.1 Å². The van der Waals surface area contributed by atoms with Crippen LogP contribution in [0.4, 0.5) is 5.69 Å². The van der Waals surface area contributed by atoms with Crippen molar-refractivity contribution in [2.24, 2.45) is 11.8 Å². The third kappa shape index (κ3) is 5.49. The van der Waals surface area contributed by atoms with Crippen molar-refractivity contribution in [3.63, 3.8) is 0 Å². The summed E-state index contributed by atoms with van der Waals surface area (Å²) in [5, 5.41) is 2.87. The van der Waals surface area contributed by atoms with Crippen LogP contribution in [0.2, 0.25) is 0 Å². The van der Waals surface area contributed by atoms with Crippen molar-refractivity contribution >= 4 is 21.6 Å². The average Bonchev–Trinajstić information content (AvgIpc) is 3.17. The number of nitrogens with zero attached hydrogens (tertiary/aromatic N) is 2. The van der Waals surface area contributed by atoms with Crippen LogP contribution in [0.5, 0.6) is 5.75 Å². The number of amides is 1. The summed E-state index contributed by atoms with van der Waals surface area (Å²) >= 11 is 0. The Labute approximate surface area is 174 Å². The van der Waals surface area contributed by atoms with Gasteiger partial charge in [0.2, 0.25) is 15.9 Å². The van der Waals surface area contributed by atoms with Crippen molar-refractivity contribution in [3.05, 3.63) is 18.2 Å². The van der Waals surface area contributed by atoms with Gasteiger partial charge in [0.25, 0.3) is 0 Å². The molecule has 0 aliphatic carbocycles. The fraction of sp³-hybridized carbons (Fsp3) is 0.667. The van der Waals surface area contributed by atoms with E-state index in [0.717, 1.165) is 25.9 Å². The molecule has 0 radical (unpaired) electrons. The van der Waals surface area contributed by atoms with E-state index < -0.39 is 10.0 Å². The summed E-state index contributed by atoms with van der Waals surface area (Å²) < 4.78 is 33.2. The van der Waals surface area contributed by atoms with Crippen LogP contribution in [-0.4, -0.2) is 62.9 Å². The number of nitrogens with one attached hydrogen (secondary N) is 1. The summed E-state index contributed by atoms with van der Waals surface area (Å²) in [6.07, 6.45) is 2.92. The molecule has 0 aromatic heterocycles. The van der Waals surface area contributed by atoms with Gasteiger partial charge in [0.1, 0.15) is 10.6 Å². The zero-order valence-electron chi connectivity index (χ0n) is 17.7. The number of ether oxygens (including phenoxy) is 1. The van der Waals surface area contributed by atoms with Crippen LogP contribution in [-0.2, 0) is 14.8 Å². The molecule has 8 heteroatoms. The highest BCUT2D eigenvalue weighted by molar-refractivity contribution is 7.89. The summed E-state index contributed by atoms with van der Waals surface area (Å²) in [4.78, 5) is 14.9. The third-order valence-corrected chi connectivity index (χ3v) is 7.44. The number of anilines is 1. The summed E-state index contributed by atoms with van der Waals surface area (Å²) in [6, 6.07) is 4.86. The Balaban J connectivity index is 1.75. The molecule has 29 heavy (non-hydrogen) atoms. The maximum absolute atomic E-state index is 13.1. The molecular formula is C21H33N3O4S. The first kappa shape index (κ1) is 22.1. The molecule has 2 aliphatic rings. The fourth-order valence-electron chi connectivity index (χ4n) is 4.45. The Kier molecular flexibility index (Phi) is 7.19. The highest BCUT2D eigenvalue weighted by atomic mass is 32.2. The molecule has 2 fully saturated rings. The lowest BCUT2D eigenvalue weighted by Gasteiger charge is -2.34. The Morgan fingerprint density at radius 3 is 2.45 bits per heavy atom. The number of hydrogen-bond donors (Lipinski definition) is 1. The molecule has 2 saturated heterocycles. The van der Waals surface area contributed by atoms with E-state index in [0.29, 0.717) is 49.5 Å². The second-order valence-corrected chi connectivity index (χ2v) is 10.3. The first-order valence-corrected chi connectivity index (χ1v) is 12.0. The molecule has 1 amide bonds. The molecule has 0 bridgehead atoms.